The summed E-state index contributed by atoms with van der Waals surface area (Å²) in [5, 5.41) is 22.8. The fourth-order valence-electron chi connectivity index (χ4n) is 6.74. The maximum absolute atomic E-state index is 16.3. The molecule has 0 saturated carbocycles. The van der Waals surface area contributed by atoms with Crippen molar-refractivity contribution >= 4 is 53.7 Å². The van der Waals surface area contributed by atoms with Crippen LogP contribution >= 0.6 is 11.6 Å². The highest BCUT2D eigenvalue weighted by molar-refractivity contribution is 6.76. The SMILES string of the molecule is CCn1nc2ccc(-c3nn(COCC[Si](C)(C)C)c4nc(N5[C@H]6CC[C@@H]5[C@@H](F)[C@@H](NC(=O)OC(C)(C)C)C6)c(CO)nc34)c(F)c2c1Cl. The van der Waals surface area contributed by atoms with E-state index in [1.54, 1.807) is 37.6 Å². The number of anilines is 1. The molecule has 12 nitrogen and oxygen atoms in total. The van der Waals surface area contributed by atoms with Crippen LogP contribution in [0.2, 0.25) is 30.8 Å². The second-order valence-electron chi connectivity index (χ2n) is 15.1. The number of fused-ring (bicyclic) bond motifs is 4. The van der Waals surface area contributed by atoms with Crippen molar-refractivity contribution in [2.75, 3.05) is 11.5 Å². The molecule has 4 aromatic rings. The predicted molar refractivity (Wildman–Crippen MR) is 187 cm³/mol. The van der Waals surface area contributed by atoms with Crippen LogP contribution in [-0.2, 0) is 29.4 Å². The zero-order valence-electron chi connectivity index (χ0n) is 29.1. The number of halogens is 3. The molecule has 0 aliphatic carbocycles. The highest BCUT2D eigenvalue weighted by Gasteiger charge is 2.50. The van der Waals surface area contributed by atoms with Crippen LogP contribution in [0, 0.1) is 5.82 Å². The zero-order chi connectivity index (χ0) is 35.4. The van der Waals surface area contributed by atoms with Crippen molar-refractivity contribution in [3.63, 3.8) is 0 Å². The average Bonchev–Trinajstić information content (AvgIpc) is 3.66. The van der Waals surface area contributed by atoms with E-state index < -0.39 is 50.4 Å². The number of piperidine rings is 1. The van der Waals surface area contributed by atoms with Gasteiger partial charge in [0.25, 0.3) is 0 Å². The number of nitrogens with zero attached hydrogens (tertiary/aromatic N) is 7. The van der Waals surface area contributed by atoms with Gasteiger partial charge >= 0.3 is 6.09 Å². The molecule has 2 saturated heterocycles. The summed E-state index contributed by atoms with van der Waals surface area (Å²) in [7, 11) is -1.38. The number of carbonyl (C=O) groups is 1. The minimum Gasteiger partial charge on any atom is -0.444 e. The van der Waals surface area contributed by atoms with Crippen molar-refractivity contribution in [2.24, 2.45) is 0 Å². The first kappa shape index (κ1) is 35.4. The van der Waals surface area contributed by atoms with Gasteiger partial charge in [-0.2, -0.15) is 10.2 Å². The zero-order valence-corrected chi connectivity index (χ0v) is 30.8. The molecule has 2 aliphatic heterocycles. The average molecular weight is 719 g/mol. The van der Waals surface area contributed by atoms with Crippen LogP contribution in [0.4, 0.5) is 19.4 Å². The Morgan fingerprint density at radius 3 is 2.59 bits per heavy atom. The Hall–Kier alpha value is -3.40. The normalized spacial score (nSPS) is 21.2. The third kappa shape index (κ3) is 6.99. The lowest BCUT2D eigenvalue weighted by atomic mass is 9.95. The number of carbonyl (C=O) groups excluding carboxylic acids is 1. The first-order valence-electron chi connectivity index (χ1n) is 16.8. The van der Waals surface area contributed by atoms with E-state index >= 15 is 8.78 Å². The molecule has 4 atom stereocenters. The number of aryl methyl sites for hydroxylation is 1. The van der Waals surface area contributed by atoms with E-state index in [1.807, 2.05) is 11.8 Å². The summed E-state index contributed by atoms with van der Waals surface area (Å²) in [6.45, 7) is 14.4. The Morgan fingerprint density at radius 2 is 1.92 bits per heavy atom. The van der Waals surface area contributed by atoms with E-state index in [4.69, 9.17) is 36.1 Å². The van der Waals surface area contributed by atoms with Gasteiger partial charge in [-0.25, -0.2) is 28.2 Å². The maximum Gasteiger partial charge on any atom is 0.407 e. The standard InChI is InChI=1S/C33H45ClF2N8O4Si/c1-8-42-29(34)24-20(40-42)11-10-19(25(24)35)27-28-31(43(41-27)17-47-13-14-49(5,6)7)39-30(22(16-45)37-28)44-18-9-12-23(44)26(36)21(15-18)38-32(46)48-33(2,3)4/h10-11,18,21,23,26,45H,8-9,12-17H2,1-7H3,(H,38,46)/t18-,21-,23+,26-/m0/s1. The minimum absolute atomic E-state index is 0.0342. The molecule has 0 radical (unpaired) electrons. The number of hydrogen-bond donors (Lipinski definition) is 2. The Balaban J connectivity index is 1.41. The minimum atomic E-state index is -1.42. The van der Waals surface area contributed by atoms with Crippen LogP contribution < -0.4 is 10.2 Å². The molecular weight excluding hydrogens is 674 g/mol. The Labute approximate surface area is 290 Å². The van der Waals surface area contributed by atoms with Crippen LogP contribution in [0.15, 0.2) is 12.1 Å². The lowest BCUT2D eigenvalue weighted by molar-refractivity contribution is 0.0447. The number of alkyl halides is 1. The molecule has 49 heavy (non-hydrogen) atoms. The van der Waals surface area contributed by atoms with Crippen LogP contribution in [0.5, 0.6) is 0 Å². The van der Waals surface area contributed by atoms with Crippen molar-refractivity contribution in [1.29, 1.82) is 0 Å². The fraction of sp³-hybridized carbons (Fsp3) is 0.606. The Morgan fingerprint density at radius 1 is 1.16 bits per heavy atom. The van der Waals surface area contributed by atoms with E-state index in [9.17, 15) is 9.90 Å². The molecule has 6 rings (SSSR count). The Kier molecular flexibility index (Phi) is 9.67. The first-order chi connectivity index (χ1) is 23.1. The number of ether oxygens (including phenoxy) is 2. The van der Waals surface area contributed by atoms with E-state index in [1.165, 1.54) is 4.68 Å². The number of rotatable bonds is 10. The Bertz CT molecular complexity index is 1870. The monoisotopic (exact) mass is 718 g/mol. The van der Waals surface area contributed by atoms with Crippen LogP contribution in [-0.4, -0.2) is 85.3 Å². The second-order valence-corrected chi connectivity index (χ2v) is 21.1. The van der Waals surface area contributed by atoms with E-state index in [0.29, 0.717) is 49.4 Å². The first-order valence-corrected chi connectivity index (χ1v) is 20.9. The van der Waals surface area contributed by atoms with Gasteiger partial charge in [0.1, 0.15) is 46.4 Å². The lowest BCUT2D eigenvalue weighted by Crippen LogP contribution is -2.59. The number of benzene rings is 1. The van der Waals surface area contributed by atoms with Gasteiger partial charge < -0.3 is 24.8 Å². The van der Waals surface area contributed by atoms with Crippen LogP contribution in [0.25, 0.3) is 33.3 Å². The number of hydrogen-bond acceptors (Lipinski definition) is 9. The van der Waals surface area contributed by atoms with Gasteiger partial charge in [0, 0.05) is 32.8 Å². The largest absolute Gasteiger partial charge is 0.444 e. The smallest absolute Gasteiger partial charge is 0.407 e. The quantitative estimate of drug-likeness (QED) is 0.141. The van der Waals surface area contributed by atoms with Gasteiger partial charge in [0.2, 0.25) is 0 Å². The molecule has 0 unspecified atom stereocenters. The van der Waals surface area contributed by atoms with Gasteiger partial charge in [-0.3, -0.25) is 4.68 Å². The summed E-state index contributed by atoms with van der Waals surface area (Å²) in [6, 6.07) is 2.68. The van der Waals surface area contributed by atoms with Crippen molar-refractivity contribution in [3.05, 3.63) is 28.8 Å². The molecule has 2 aliphatic rings. The molecule has 2 N–H and O–H groups in total. The summed E-state index contributed by atoms with van der Waals surface area (Å²) in [4.78, 5) is 24.2. The third-order valence-electron chi connectivity index (χ3n) is 9.08. The molecule has 2 fully saturated rings. The summed E-state index contributed by atoms with van der Waals surface area (Å²) < 4.78 is 46.9. The highest BCUT2D eigenvalue weighted by Crippen LogP contribution is 2.42. The lowest BCUT2D eigenvalue weighted by Gasteiger charge is -2.42. The molecule has 3 aromatic heterocycles. The number of amides is 1. The maximum atomic E-state index is 16.3. The van der Waals surface area contributed by atoms with Crippen molar-refractivity contribution in [2.45, 2.75) is 122 Å². The topological polar surface area (TPSA) is 132 Å². The van der Waals surface area contributed by atoms with Crippen molar-refractivity contribution in [3.8, 4) is 11.3 Å². The number of nitrogens with one attached hydrogen (secondary N) is 1. The van der Waals surface area contributed by atoms with E-state index in [0.717, 1.165) is 6.04 Å². The predicted octanol–water partition coefficient (Wildman–Crippen LogP) is 6.43. The number of aliphatic hydroxyl groups excluding tert-OH is 1. The molecule has 16 heteroatoms. The van der Waals surface area contributed by atoms with Crippen LogP contribution in [0.1, 0.15) is 52.7 Å². The van der Waals surface area contributed by atoms with Gasteiger partial charge in [-0.15, -0.1) is 0 Å². The third-order valence-corrected chi connectivity index (χ3v) is 11.2. The summed E-state index contributed by atoms with van der Waals surface area (Å²) in [5.41, 5.74) is 0.863. The van der Waals surface area contributed by atoms with Gasteiger partial charge in [-0.1, -0.05) is 31.2 Å². The van der Waals surface area contributed by atoms with E-state index in [2.05, 4.69) is 30.1 Å². The van der Waals surface area contributed by atoms with Gasteiger partial charge in [0.05, 0.1) is 29.6 Å². The highest BCUT2D eigenvalue weighted by atomic mass is 35.5. The molecule has 2 bridgehead atoms. The molecular formula is C33H45ClF2N8O4Si. The number of alkyl carbamates (subject to hydrolysis) is 1. The fourth-order valence-corrected chi connectivity index (χ4v) is 7.83. The molecule has 1 amide bonds. The number of aromatic nitrogens is 6. The van der Waals surface area contributed by atoms with Gasteiger partial charge in [-0.05, 0) is 65.1 Å². The van der Waals surface area contributed by atoms with Crippen LogP contribution in [0.3, 0.4) is 0 Å². The summed E-state index contributed by atoms with van der Waals surface area (Å²) in [5.74, 6) is -0.262. The van der Waals surface area contributed by atoms with Crippen molar-refractivity contribution < 1.29 is 28.2 Å². The van der Waals surface area contributed by atoms with Gasteiger partial charge in [0.15, 0.2) is 11.5 Å². The summed E-state index contributed by atoms with van der Waals surface area (Å²) >= 11 is 6.52. The molecule has 266 valence electrons. The molecule has 5 heterocycles. The molecule has 0 spiro atoms. The second kappa shape index (κ2) is 13.4. The molecule has 1 aromatic carbocycles. The van der Waals surface area contributed by atoms with E-state index in [-0.39, 0.29) is 45.8 Å². The summed E-state index contributed by atoms with van der Waals surface area (Å²) in [6.07, 6.45) is -0.558. The van der Waals surface area contributed by atoms with Crippen molar-refractivity contribution in [1.82, 2.24) is 34.8 Å². The number of aliphatic hydroxyl groups is 1.